The number of aromatic nitrogens is 2. The highest BCUT2D eigenvalue weighted by Gasteiger charge is 2.21. The summed E-state index contributed by atoms with van der Waals surface area (Å²) in [6.45, 7) is 8.04. The minimum atomic E-state index is -0.416. The average molecular weight is 458 g/mol. The van der Waals surface area contributed by atoms with Crippen LogP contribution in [0.25, 0.3) is 11.3 Å². The van der Waals surface area contributed by atoms with Gasteiger partial charge in [-0.15, -0.1) is 0 Å². The zero-order valence-corrected chi connectivity index (χ0v) is 19.2. The normalized spacial score (nSPS) is 13.6. The Balaban J connectivity index is 1.66. The molecule has 0 spiro atoms. The zero-order valence-electron chi connectivity index (χ0n) is 17.7. The molecule has 2 amide bonds. The highest BCUT2D eigenvalue weighted by molar-refractivity contribution is 6.44. The van der Waals surface area contributed by atoms with E-state index in [-0.39, 0.29) is 5.54 Å². The fraction of sp³-hybridized carbons (Fsp3) is 0.304. The fourth-order valence-electron chi connectivity index (χ4n) is 3.52. The van der Waals surface area contributed by atoms with Crippen LogP contribution in [0.2, 0.25) is 10.0 Å². The first-order valence-electron chi connectivity index (χ1n) is 10.2. The molecule has 6 nitrogen and oxygen atoms in total. The number of carbonyl (C=O) groups is 1. The van der Waals surface area contributed by atoms with Crippen molar-refractivity contribution < 1.29 is 4.79 Å². The molecule has 4 rings (SSSR count). The summed E-state index contributed by atoms with van der Waals surface area (Å²) < 4.78 is 1.87. The number of rotatable bonds is 3. The van der Waals surface area contributed by atoms with Crippen LogP contribution in [0, 0.1) is 0 Å². The van der Waals surface area contributed by atoms with Crippen LogP contribution in [0.5, 0.6) is 0 Å². The second-order valence-corrected chi connectivity index (χ2v) is 9.38. The third kappa shape index (κ3) is 4.71. The van der Waals surface area contributed by atoms with Crippen LogP contribution in [-0.4, -0.2) is 22.4 Å². The number of nitrogens with one attached hydrogen (secondary N) is 3. The summed E-state index contributed by atoms with van der Waals surface area (Å²) in [7, 11) is 0. The van der Waals surface area contributed by atoms with Crippen molar-refractivity contribution in [2.45, 2.75) is 39.3 Å². The van der Waals surface area contributed by atoms with Crippen LogP contribution >= 0.6 is 23.2 Å². The summed E-state index contributed by atoms with van der Waals surface area (Å²) in [5, 5.41) is 14.6. The Labute approximate surface area is 191 Å². The molecule has 0 saturated carbocycles. The standard InChI is InChI=1S/C23H25Cl2N5O/c1-23(2,3)30-13-19(28-22(31)27-18-6-4-5-17(24)20(18)25)21(29-30)15-7-8-16-12-26-10-9-14(16)11-15/h4-8,11,13,26H,9-10,12H2,1-3H3,(H2,27,28,31). The number of nitrogens with zero attached hydrogens (tertiary/aromatic N) is 2. The monoisotopic (exact) mass is 457 g/mol. The van der Waals surface area contributed by atoms with Gasteiger partial charge in [-0.05, 0) is 63.1 Å². The second kappa shape index (κ2) is 8.54. The van der Waals surface area contributed by atoms with Crippen LogP contribution in [-0.2, 0) is 18.5 Å². The van der Waals surface area contributed by atoms with Crippen molar-refractivity contribution in [3.8, 4) is 11.3 Å². The van der Waals surface area contributed by atoms with E-state index in [4.69, 9.17) is 28.3 Å². The van der Waals surface area contributed by atoms with E-state index in [9.17, 15) is 4.79 Å². The topological polar surface area (TPSA) is 71.0 Å². The van der Waals surface area contributed by atoms with Crippen molar-refractivity contribution in [3.05, 3.63) is 63.8 Å². The summed E-state index contributed by atoms with van der Waals surface area (Å²) in [4.78, 5) is 12.8. The van der Waals surface area contributed by atoms with Crippen LogP contribution < -0.4 is 16.0 Å². The number of benzene rings is 2. The Kier molecular flexibility index (Phi) is 5.97. The first kappa shape index (κ1) is 21.7. The summed E-state index contributed by atoms with van der Waals surface area (Å²) in [6, 6.07) is 11.0. The van der Waals surface area contributed by atoms with Gasteiger partial charge >= 0.3 is 6.03 Å². The van der Waals surface area contributed by atoms with Gasteiger partial charge in [-0.1, -0.05) is 41.4 Å². The van der Waals surface area contributed by atoms with E-state index in [1.54, 1.807) is 18.2 Å². The molecule has 0 bridgehead atoms. The van der Waals surface area contributed by atoms with E-state index in [2.05, 4.69) is 54.9 Å². The lowest BCUT2D eigenvalue weighted by atomic mass is 9.97. The molecule has 1 aliphatic heterocycles. The molecule has 0 aliphatic carbocycles. The maximum absolute atomic E-state index is 12.8. The predicted molar refractivity (Wildman–Crippen MR) is 127 cm³/mol. The highest BCUT2D eigenvalue weighted by Crippen LogP contribution is 2.32. The third-order valence-electron chi connectivity index (χ3n) is 5.22. The molecule has 162 valence electrons. The van der Waals surface area contributed by atoms with Crippen molar-refractivity contribution in [2.24, 2.45) is 0 Å². The highest BCUT2D eigenvalue weighted by atomic mass is 35.5. The lowest BCUT2D eigenvalue weighted by molar-refractivity contribution is 0.262. The fourth-order valence-corrected chi connectivity index (χ4v) is 3.87. The number of hydrogen-bond acceptors (Lipinski definition) is 3. The van der Waals surface area contributed by atoms with E-state index in [0.717, 1.165) is 30.8 Å². The number of anilines is 2. The van der Waals surface area contributed by atoms with Crippen LogP contribution in [0.1, 0.15) is 31.9 Å². The van der Waals surface area contributed by atoms with Crippen molar-refractivity contribution in [1.29, 1.82) is 0 Å². The Bertz CT molecular complexity index is 1130. The lowest BCUT2D eigenvalue weighted by Crippen LogP contribution is -2.23. The van der Waals surface area contributed by atoms with E-state index in [1.807, 2.05) is 10.9 Å². The molecule has 3 aromatic rings. The summed E-state index contributed by atoms with van der Waals surface area (Å²) in [5.41, 5.74) is 5.13. The van der Waals surface area contributed by atoms with Gasteiger partial charge in [-0.2, -0.15) is 5.10 Å². The van der Waals surface area contributed by atoms with Gasteiger partial charge in [-0.3, -0.25) is 4.68 Å². The summed E-state index contributed by atoms with van der Waals surface area (Å²) in [6.07, 6.45) is 2.83. The molecule has 2 heterocycles. The van der Waals surface area contributed by atoms with Gasteiger partial charge < -0.3 is 16.0 Å². The molecule has 1 aromatic heterocycles. The van der Waals surface area contributed by atoms with Crippen molar-refractivity contribution in [1.82, 2.24) is 15.1 Å². The van der Waals surface area contributed by atoms with E-state index < -0.39 is 6.03 Å². The van der Waals surface area contributed by atoms with Crippen molar-refractivity contribution >= 4 is 40.6 Å². The third-order valence-corrected chi connectivity index (χ3v) is 6.03. The molecule has 2 aromatic carbocycles. The van der Waals surface area contributed by atoms with E-state index >= 15 is 0 Å². The van der Waals surface area contributed by atoms with E-state index in [1.165, 1.54) is 11.1 Å². The molecular weight excluding hydrogens is 433 g/mol. The number of amides is 2. The number of urea groups is 1. The molecule has 0 radical (unpaired) electrons. The summed E-state index contributed by atoms with van der Waals surface area (Å²) >= 11 is 12.3. The number of halogens is 2. The zero-order chi connectivity index (χ0) is 22.2. The van der Waals surface area contributed by atoms with Gasteiger partial charge in [0.2, 0.25) is 0 Å². The van der Waals surface area contributed by atoms with Gasteiger partial charge in [-0.25, -0.2) is 4.79 Å². The molecule has 0 atom stereocenters. The van der Waals surface area contributed by atoms with E-state index in [0.29, 0.717) is 21.4 Å². The Morgan fingerprint density at radius 1 is 1.10 bits per heavy atom. The minimum absolute atomic E-state index is 0.237. The maximum atomic E-state index is 12.8. The number of carbonyl (C=O) groups excluding carboxylic acids is 1. The maximum Gasteiger partial charge on any atom is 0.323 e. The molecule has 0 unspecified atom stereocenters. The van der Waals surface area contributed by atoms with Crippen LogP contribution in [0.15, 0.2) is 42.6 Å². The molecule has 0 fully saturated rings. The number of fused-ring (bicyclic) bond motifs is 1. The predicted octanol–water partition coefficient (Wildman–Crippen LogP) is 5.90. The molecule has 3 N–H and O–H groups in total. The quantitative estimate of drug-likeness (QED) is 0.458. The van der Waals surface area contributed by atoms with Gasteiger partial charge in [0, 0.05) is 18.3 Å². The first-order chi connectivity index (χ1) is 14.7. The molecular formula is C23H25Cl2N5O. The summed E-state index contributed by atoms with van der Waals surface area (Å²) in [5.74, 6) is 0. The van der Waals surface area contributed by atoms with Crippen molar-refractivity contribution in [2.75, 3.05) is 17.2 Å². The Hall–Kier alpha value is -2.54. The van der Waals surface area contributed by atoms with Gasteiger partial charge in [0.25, 0.3) is 0 Å². The van der Waals surface area contributed by atoms with Gasteiger partial charge in [0.15, 0.2) is 0 Å². The molecule has 1 aliphatic rings. The number of hydrogen-bond donors (Lipinski definition) is 3. The smallest absolute Gasteiger partial charge is 0.312 e. The molecule has 0 saturated heterocycles. The Morgan fingerprint density at radius 2 is 1.87 bits per heavy atom. The van der Waals surface area contributed by atoms with Crippen LogP contribution in [0.4, 0.5) is 16.2 Å². The van der Waals surface area contributed by atoms with Gasteiger partial charge in [0.05, 0.1) is 27.0 Å². The van der Waals surface area contributed by atoms with Crippen LogP contribution in [0.3, 0.4) is 0 Å². The van der Waals surface area contributed by atoms with Crippen molar-refractivity contribution in [3.63, 3.8) is 0 Å². The SMILES string of the molecule is CC(C)(C)n1cc(NC(=O)Nc2cccc(Cl)c2Cl)c(-c2ccc3c(c2)CCNC3)n1. The second-order valence-electron chi connectivity index (χ2n) is 8.60. The molecule has 8 heteroatoms. The first-order valence-corrected chi connectivity index (χ1v) is 10.9. The average Bonchev–Trinajstić information content (AvgIpc) is 3.15. The minimum Gasteiger partial charge on any atom is -0.312 e. The molecule has 31 heavy (non-hydrogen) atoms. The largest absolute Gasteiger partial charge is 0.323 e. The Morgan fingerprint density at radius 3 is 2.65 bits per heavy atom. The van der Waals surface area contributed by atoms with Gasteiger partial charge in [0.1, 0.15) is 5.69 Å². The lowest BCUT2D eigenvalue weighted by Gasteiger charge is -2.19.